The molecule has 0 atom stereocenters. The normalized spacial score (nSPS) is 12.5. The first-order chi connectivity index (χ1) is 12.1. The van der Waals surface area contributed by atoms with Crippen LogP contribution >= 0.6 is 0 Å². The molecule has 0 aliphatic rings. The Balaban J connectivity index is 2.06. The maximum atomic E-state index is 13.9. The van der Waals surface area contributed by atoms with Gasteiger partial charge < -0.3 is 5.32 Å². The van der Waals surface area contributed by atoms with Crippen molar-refractivity contribution in [1.82, 2.24) is 19.3 Å². The van der Waals surface area contributed by atoms with Crippen molar-refractivity contribution in [3.63, 3.8) is 0 Å². The summed E-state index contributed by atoms with van der Waals surface area (Å²) in [6.45, 7) is 5.14. The minimum Gasteiger partial charge on any atom is -0.338 e. The molecule has 3 aromatic rings. The third-order valence-electron chi connectivity index (χ3n) is 3.29. The molecule has 1 aromatic carbocycles. The zero-order valence-electron chi connectivity index (χ0n) is 14.3. The molecule has 0 radical (unpaired) electrons. The van der Waals surface area contributed by atoms with Crippen molar-refractivity contribution in [1.29, 1.82) is 0 Å². The van der Waals surface area contributed by atoms with E-state index < -0.39 is 27.2 Å². The summed E-state index contributed by atoms with van der Waals surface area (Å²) in [4.78, 5) is 3.94. The highest BCUT2D eigenvalue weighted by Crippen LogP contribution is 2.24. The molecule has 3 rings (SSSR count). The summed E-state index contributed by atoms with van der Waals surface area (Å²) in [5.74, 6) is -1.04. The van der Waals surface area contributed by atoms with Gasteiger partial charge in [0.05, 0.1) is 11.9 Å². The number of hydrogen-bond acceptors (Lipinski definition) is 5. The van der Waals surface area contributed by atoms with Crippen molar-refractivity contribution >= 4 is 27.2 Å². The van der Waals surface area contributed by atoms with Gasteiger partial charge in [-0.2, -0.15) is 9.61 Å². The third-order valence-corrected chi connectivity index (χ3v) is 5.04. The van der Waals surface area contributed by atoms with E-state index in [4.69, 9.17) is 0 Å². The van der Waals surface area contributed by atoms with Crippen LogP contribution in [0.4, 0.5) is 20.3 Å². The van der Waals surface area contributed by atoms with Gasteiger partial charge in [-0.3, -0.25) is 0 Å². The lowest BCUT2D eigenvalue weighted by atomic mass is 10.1. The first-order valence-electron chi connectivity index (χ1n) is 7.66. The van der Waals surface area contributed by atoms with Crippen LogP contribution in [0.25, 0.3) is 5.65 Å². The van der Waals surface area contributed by atoms with Gasteiger partial charge >= 0.3 is 0 Å². The summed E-state index contributed by atoms with van der Waals surface area (Å²) in [6, 6.07) is 4.45. The van der Waals surface area contributed by atoms with E-state index in [1.54, 1.807) is 20.8 Å². The van der Waals surface area contributed by atoms with Crippen molar-refractivity contribution in [2.75, 3.05) is 5.32 Å². The fourth-order valence-corrected chi connectivity index (χ4v) is 3.83. The number of anilines is 2. The molecule has 0 fully saturated rings. The van der Waals surface area contributed by atoms with E-state index >= 15 is 0 Å². The van der Waals surface area contributed by atoms with Gasteiger partial charge in [-0.25, -0.2) is 26.9 Å². The number of fused-ring (bicyclic) bond motifs is 1. The molecule has 0 aliphatic carbocycles. The molecule has 0 unspecified atom stereocenters. The summed E-state index contributed by atoms with van der Waals surface area (Å²) in [5.41, 5.74) is -0.734. The Morgan fingerprint density at radius 2 is 1.88 bits per heavy atom. The Bertz CT molecular complexity index is 1070. The molecule has 0 spiro atoms. The second kappa shape index (κ2) is 6.29. The fraction of sp³-hybridized carbons (Fsp3) is 0.250. The summed E-state index contributed by atoms with van der Waals surface area (Å²) >= 11 is 0. The van der Waals surface area contributed by atoms with Crippen molar-refractivity contribution < 1.29 is 17.2 Å². The Kier molecular flexibility index (Phi) is 4.41. The predicted octanol–water partition coefficient (Wildman–Crippen LogP) is 2.83. The molecule has 2 aromatic heterocycles. The maximum Gasteiger partial charge on any atom is 0.246 e. The molecule has 26 heavy (non-hydrogen) atoms. The summed E-state index contributed by atoms with van der Waals surface area (Å²) in [7, 11) is -3.86. The monoisotopic (exact) mass is 381 g/mol. The zero-order valence-corrected chi connectivity index (χ0v) is 15.1. The maximum absolute atomic E-state index is 13.9. The van der Waals surface area contributed by atoms with Gasteiger partial charge in [0.1, 0.15) is 22.3 Å². The topological polar surface area (TPSA) is 88.4 Å². The molecule has 10 heteroatoms. The first kappa shape index (κ1) is 18.2. The molecule has 0 aliphatic heterocycles. The second-order valence-electron chi connectivity index (χ2n) is 6.68. The Morgan fingerprint density at radius 3 is 2.58 bits per heavy atom. The Labute approximate surface area is 149 Å². The van der Waals surface area contributed by atoms with Gasteiger partial charge in [-0.1, -0.05) is 0 Å². The van der Waals surface area contributed by atoms with E-state index in [2.05, 4.69) is 20.1 Å². The van der Waals surface area contributed by atoms with Gasteiger partial charge in [0.2, 0.25) is 10.0 Å². The average molecular weight is 381 g/mol. The minimum absolute atomic E-state index is 0.0589. The van der Waals surface area contributed by atoms with Crippen LogP contribution in [0, 0.1) is 11.6 Å². The number of nitrogens with zero attached hydrogens (tertiary/aromatic N) is 3. The van der Waals surface area contributed by atoms with Crippen molar-refractivity contribution in [3.05, 3.63) is 48.3 Å². The number of nitrogens with one attached hydrogen (secondary N) is 2. The lowest BCUT2D eigenvalue weighted by molar-refractivity contribution is 0.492. The highest BCUT2D eigenvalue weighted by atomic mass is 32.2. The largest absolute Gasteiger partial charge is 0.338 e. The van der Waals surface area contributed by atoms with Crippen LogP contribution in [0.15, 0.2) is 41.6 Å². The highest BCUT2D eigenvalue weighted by molar-refractivity contribution is 7.89. The summed E-state index contributed by atoms with van der Waals surface area (Å²) in [5, 5.41) is 6.72. The molecule has 0 saturated heterocycles. The summed E-state index contributed by atoms with van der Waals surface area (Å²) < 4.78 is 56.1. The number of halogens is 2. The Hall–Kier alpha value is -2.59. The van der Waals surface area contributed by atoms with Crippen molar-refractivity contribution in [3.8, 4) is 0 Å². The molecule has 0 bridgehead atoms. The van der Waals surface area contributed by atoms with E-state index in [-0.39, 0.29) is 22.0 Å². The number of hydrogen-bond donors (Lipinski definition) is 2. The quantitative estimate of drug-likeness (QED) is 0.726. The SMILES string of the molecule is CC(C)(C)NS(=O)(=O)c1cnn2c(Nc3cc(F)ccc3F)ccnc12. The molecular formula is C16H17F2N5O2S. The van der Waals surface area contributed by atoms with Crippen LogP contribution in [0.5, 0.6) is 0 Å². The van der Waals surface area contributed by atoms with Crippen molar-refractivity contribution in [2.45, 2.75) is 31.2 Å². The van der Waals surface area contributed by atoms with Crippen LogP contribution in [0.1, 0.15) is 20.8 Å². The third kappa shape index (κ3) is 3.65. The van der Waals surface area contributed by atoms with Crippen molar-refractivity contribution in [2.24, 2.45) is 0 Å². The van der Waals surface area contributed by atoms with E-state index in [1.807, 2.05) is 0 Å². The van der Waals surface area contributed by atoms with E-state index in [0.717, 1.165) is 24.4 Å². The zero-order chi connectivity index (χ0) is 19.1. The lowest BCUT2D eigenvalue weighted by Gasteiger charge is -2.19. The number of benzene rings is 1. The smallest absolute Gasteiger partial charge is 0.246 e. The molecule has 2 heterocycles. The molecule has 2 N–H and O–H groups in total. The second-order valence-corrected chi connectivity index (χ2v) is 8.33. The van der Waals surface area contributed by atoms with E-state index in [9.17, 15) is 17.2 Å². The van der Waals surface area contributed by atoms with Crippen LogP contribution < -0.4 is 10.0 Å². The molecular weight excluding hydrogens is 364 g/mol. The van der Waals surface area contributed by atoms with Gasteiger partial charge in [-0.05, 0) is 39.0 Å². The molecule has 0 amide bonds. The van der Waals surface area contributed by atoms with Gasteiger partial charge in [0, 0.05) is 17.8 Å². The summed E-state index contributed by atoms with van der Waals surface area (Å²) in [6.07, 6.45) is 2.51. The Morgan fingerprint density at radius 1 is 1.15 bits per heavy atom. The number of aromatic nitrogens is 3. The predicted molar refractivity (Wildman–Crippen MR) is 92.7 cm³/mol. The first-order valence-corrected chi connectivity index (χ1v) is 9.14. The van der Waals surface area contributed by atoms with Gasteiger partial charge in [-0.15, -0.1) is 0 Å². The van der Waals surface area contributed by atoms with Crippen LogP contribution in [0.3, 0.4) is 0 Å². The van der Waals surface area contributed by atoms with Crippen LogP contribution in [-0.2, 0) is 10.0 Å². The molecule has 0 saturated carbocycles. The van der Waals surface area contributed by atoms with Crippen LogP contribution in [-0.4, -0.2) is 28.6 Å². The highest BCUT2D eigenvalue weighted by Gasteiger charge is 2.26. The molecule has 7 nitrogen and oxygen atoms in total. The standard InChI is InChI=1S/C16H17F2N5O2S/c1-16(2,3)22-26(24,25)13-9-20-23-14(6-7-19-15(13)23)21-12-8-10(17)4-5-11(12)18/h4-9,21-22H,1-3H3. The fourth-order valence-electron chi connectivity index (χ4n) is 2.34. The van der Waals surface area contributed by atoms with E-state index in [1.165, 1.54) is 16.8 Å². The van der Waals surface area contributed by atoms with Gasteiger partial charge in [0.15, 0.2) is 5.65 Å². The number of sulfonamides is 1. The minimum atomic E-state index is -3.86. The van der Waals surface area contributed by atoms with E-state index in [0.29, 0.717) is 0 Å². The van der Waals surface area contributed by atoms with Gasteiger partial charge in [0.25, 0.3) is 0 Å². The lowest BCUT2D eigenvalue weighted by Crippen LogP contribution is -2.40. The van der Waals surface area contributed by atoms with Crippen LogP contribution in [0.2, 0.25) is 0 Å². The average Bonchev–Trinajstić information content (AvgIpc) is 2.94. The number of rotatable bonds is 4. The molecule has 138 valence electrons.